The lowest BCUT2D eigenvalue weighted by molar-refractivity contribution is -0.170. The first-order valence-corrected chi connectivity index (χ1v) is 11.6. The number of nitrogens with one attached hydrogen (secondary N) is 2. The number of imide groups is 1. The number of nitrogens with zero attached hydrogens (tertiary/aromatic N) is 2. The number of aromatic hydroxyl groups is 1. The number of hydrogen-bond donors (Lipinski definition) is 4. The van der Waals surface area contributed by atoms with Crippen molar-refractivity contribution in [1.29, 1.82) is 0 Å². The molecule has 3 fully saturated rings. The number of phenolic OH excluding ortho intramolecular Hbond substituents is 1. The van der Waals surface area contributed by atoms with Gasteiger partial charge in [0.15, 0.2) is 0 Å². The number of carbonyl (C=O) groups excluding carboxylic acids is 2. The van der Waals surface area contributed by atoms with E-state index >= 15 is 0 Å². The molecule has 32 heavy (non-hydrogen) atoms. The Morgan fingerprint density at radius 2 is 1.97 bits per heavy atom. The molecule has 0 bridgehead atoms. The number of rotatable bonds is 5. The highest BCUT2D eigenvalue weighted by Crippen LogP contribution is 2.57. The van der Waals surface area contributed by atoms with Gasteiger partial charge >= 0.3 is 6.03 Å². The third-order valence-corrected chi connectivity index (χ3v) is 8.23. The van der Waals surface area contributed by atoms with Crippen molar-refractivity contribution in [1.82, 2.24) is 20.4 Å². The Morgan fingerprint density at radius 3 is 2.62 bits per heavy atom. The molecule has 2 aliphatic heterocycles. The minimum atomic E-state index is -1.10. The maximum atomic E-state index is 12.9. The van der Waals surface area contributed by atoms with Gasteiger partial charge < -0.3 is 20.4 Å². The molecule has 3 amide bonds. The smallest absolute Gasteiger partial charge is 0.322 e. The number of aryl methyl sites for hydroxylation is 1. The van der Waals surface area contributed by atoms with Crippen LogP contribution in [-0.4, -0.2) is 82.9 Å². The monoisotopic (exact) mass is 444 g/mol. The van der Waals surface area contributed by atoms with Gasteiger partial charge in [0.05, 0.1) is 5.60 Å². The number of fused-ring (bicyclic) bond motifs is 1. The van der Waals surface area contributed by atoms with Crippen molar-refractivity contribution in [2.75, 3.05) is 33.7 Å². The van der Waals surface area contributed by atoms with Crippen LogP contribution in [0.4, 0.5) is 4.79 Å². The number of benzene rings is 1. The Bertz CT molecular complexity index is 921. The van der Waals surface area contributed by atoms with E-state index < -0.39 is 22.6 Å². The number of likely N-dealkylation sites (tertiary alicyclic amines) is 1. The number of phenols is 1. The van der Waals surface area contributed by atoms with Crippen molar-refractivity contribution in [2.45, 2.75) is 68.5 Å². The van der Waals surface area contributed by atoms with Gasteiger partial charge in [0.25, 0.3) is 5.91 Å². The summed E-state index contributed by atoms with van der Waals surface area (Å²) in [7, 11) is 4.12. The van der Waals surface area contributed by atoms with Crippen LogP contribution in [0, 0.1) is 6.92 Å². The first-order valence-electron chi connectivity index (χ1n) is 11.6. The Labute approximate surface area is 190 Å². The van der Waals surface area contributed by atoms with Crippen LogP contribution in [0.1, 0.15) is 50.2 Å². The molecular formula is C24H36N4O4. The summed E-state index contributed by atoms with van der Waals surface area (Å²) in [4.78, 5) is 29.5. The lowest BCUT2D eigenvalue weighted by Gasteiger charge is -2.62. The number of amides is 3. The second-order valence-corrected chi connectivity index (χ2v) is 10.3. The average Bonchev–Trinajstić information content (AvgIpc) is 3.00. The largest absolute Gasteiger partial charge is 0.508 e. The van der Waals surface area contributed by atoms with E-state index in [-0.39, 0.29) is 17.7 Å². The molecule has 1 aliphatic carbocycles. The predicted molar refractivity (Wildman–Crippen MR) is 122 cm³/mol. The predicted octanol–water partition coefficient (Wildman–Crippen LogP) is 1.48. The fraction of sp³-hybridized carbons (Fsp3) is 0.667. The van der Waals surface area contributed by atoms with Gasteiger partial charge in [-0.2, -0.15) is 0 Å². The van der Waals surface area contributed by atoms with Gasteiger partial charge in [0, 0.05) is 11.5 Å². The summed E-state index contributed by atoms with van der Waals surface area (Å²) >= 11 is 0. The number of piperidine rings is 1. The van der Waals surface area contributed by atoms with Crippen LogP contribution in [0.3, 0.4) is 0 Å². The molecule has 176 valence electrons. The SMILES string of the molecule is Cc1ccc(O)cc1[C@]12CCN(CCCN(C)C)C(C)C1(O)CC[C@@]1(C2)NC(=O)NC1=O. The topological polar surface area (TPSA) is 105 Å². The summed E-state index contributed by atoms with van der Waals surface area (Å²) in [5, 5.41) is 28.0. The second-order valence-electron chi connectivity index (χ2n) is 10.3. The summed E-state index contributed by atoms with van der Waals surface area (Å²) < 4.78 is 0. The zero-order chi connectivity index (χ0) is 23.3. The molecule has 8 heteroatoms. The van der Waals surface area contributed by atoms with Gasteiger partial charge in [-0.3, -0.25) is 15.0 Å². The van der Waals surface area contributed by atoms with E-state index in [0.29, 0.717) is 25.7 Å². The van der Waals surface area contributed by atoms with Crippen molar-refractivity contribution < 1.29 is 19.8 Å². The van der Waals surface area contributed by atoms with E-state index in [4.69, 9.17) is 0 Å². The van der Waals surface area contributed by atoms with Crippen LogP contribution in [0.2, 0.25) is 0 Å². The average molecular weight is 445 g/mol. The minimum Gasteiger partial charge on any atom is -0.508 e. The van der Waals surface area contributed by atoms with Gasteiger partial charge in [-0.15, -0.1) is 0 Å². The van der Waals surface area contributed by atoms with Gasteiger partial charge in [0.1, 0.15) is 11.3 Å². The summed E-state index contributed by atoms with van der Waals surface area (Å²) in [5.41, 5.74) is -1.06. The molecule has 0 radical (unpaired) electrons. The van der Waals surface area contributed by atoms with E-state index in [1.807, 2.05) is 13.0 Å². The molecule has 0 aromatic heterocycles. The van der Waals surface area contributed by atoms with Crippen LogP contribution in [-0.2, 0) is 10.2 Å². The van der Waals surface area contributed by atoms with Crippen LogP contribution in [0.5, 0.6) is 5.75 Å². The lowest BCUT2D eigenvalue weighted by Crippen LogP contribution is -2.73. The highest BCUT2D eigenvalue weighted by atomic mass is 16.3. The Kier molecular flexibility index (Phi) is 5.76. The van der Waals surface area contributed by atoms with Crippen LogP contribution >= 0.6 is 0 Å². The highest BCUT2D eigenvalue weighted by Gasteiger charge is 2.66. The van der Waals surface area contributed by atoms with Crippen LogP contribution in [0.25, 0.3) is 0 Å². The Morgan fingerprint density at radius 1 is 1.22 bits per heavy atom. The molecule has 4 atom stereocenters. The van der Waals surface area contributed by atoms with E-state index in [0.717, 1.165) is 37.2 Å². The third-order valence-electron chi connectivity index (χ3n) is 8.23. The van der Waals surface area contributed by atoms with Crippen molar-refractivity contribution in [3.63, 3.8) is 0 Å². The molecule has 1 spiro atoms. The van der Waals surface area contributed by atoms with E-state index in [9.17, 15) is 19.8 Å². The molecule has 1 aromatic carbocycles. The highest BCUT2D eigenvalue weighted by molar-refractivity contribution is 6.07. The van der Waals surface area contributed by atoms with Gasteiger partial charge in [-0.25, -0.2) is 4.79 Å². The molecule has 1 aromatic rings. The molecule has 8 nitrogen and oxygen atoms in total. The van der Waals surface area contributed by atoms with Crippen LogP contribution in [0.15, 0.2) is 18.2 Å². The Balaban J connectivity index is 1.76. The molecule has 4 N–H and O–H groups in total. The van der Waals surface area contributed by atoms with Gasteiger partial charge in [0.2, 0.25) is 0 Å². The van der Waals surface area contributed by atoms with Crippen LogP contribution < -0.4 is 10.6 Å². The summed E-state index contributed by atoms with van der Waals surface area (Å²) in [6.45, 7) is 6.70. The second kappa shape index (κ2) is 8.01. The third kappa shape index (κ3) is 3.49. The normalized spacial score (nSPS) is 35.1. The number of aliphatic hydroxyl groups is 1. The molecule has 3 aliphatic rings. The molecule has 4 rings (SSSR count). The first kappa shape index (κ1) is 23.0. The molecule has 2 saturated heterocycles. The molecule has 1 saturated carbocycles. The molecule has 2 unspecified atom stereocenters. The standard InChI is InChI=1S/C24H36N4O4/c1-16-6-7-18(29)14-19(16)22-10-13-28(12-5-11-27(3)4)17(2)24(22,32)9-8-23(15-22)20(30)25-21(31)26-23/h6-7,14,17,29,32H,5,8-13,15H2,1-4H3,(H2,25,26,30,31)/t17?,22-,23+,24?/m1/s1. The molecule has 2 heterocycles. The van der Waals surface area contributed by atoms with Crippen molar-refractivity contribution in [3.05, 3.63) is 29.3 Å². The summed E-state index contributed by atoms with van der Waals surface area (Å²) in [5.74, 6) is -0.175. The quantitative estimate of drug-likeness (QED) is 0.513. The van der Waals surface area contributed by atoms with E-state index in [1.54, 1.807) is 12.1 Å². The maximum absolute atomic E-state index is 12.9. The van der Waals surface area contributed by atoms with E-state index in [1.165, 1.54) is 0 Å². The van der Waals surface area contributed by atoms with Gasteiger partial charge in [-0.05, 0) is 103 Å². The summed E-state index contributed by atoms with van der Waals surface area (Å²) in [6, 6.07) is 4.65. The number of hydrogen-bond acceptors (Lipinski definition) is 6. The maximum Gasteiger partial charge on any atom is 0.322 e. The number of urea groups is 1. The summed E-state index contributed by atoms with van der Waals surface area (Å²) in [6.07, 6.45) is 2.74. The minimum absolute atomic E-state index is 0.127. The van der Waals surface area contributed by atoms with Gasteiger partial charge in [-0.1, -0.05) is 6.07 Å². The Hall–Kier alpha value is -2.16. The fourth-order valence-electron chi connectivity index (χ4n) is 6.46. The zero-order valence-electron chi connectivity index (χ0n) is 19.6. The number of carbonyl (C=O) groups is 2. The zero-order valence-corrected chi connectivity index (χ0v) is 19.6. The first-order chi connectivity index (χ1) is 15.0. The van der Waals surface area contributed by atoms with Crippen molar-refractivity contribution >= 4 is 11.9 Å². The lowest BCUT2D eigenvalue weighted by atomic mass is 9.49. The van der Waals surface area contributed by atoms with Crippen molar-refractivity contribution in [3.8, 4) is 5.75 Å². The molecular weight excluding hydrogens is 408 g/mol. The van der Waals surface area contributed by atoms with Crippen molar-refractivity contribution in [2.24, 2.45) is 0 Å². The fourth-order valence-corrected chi connectivity index (χ4v) is 6.46. The van der Waals surface area contributed by atoms with E-state index in [2.05, 4.69) is 41.5 Å².